The lowest BCUT2D eigenvalue weighted by Crippen LogP contribution is -2.21. The molecule has 0 saturated carbocycles. The van der Waals surface area contributed by atoms with Crippen molar-refractivity contribution in [2.24, 2.45) is 0 Å². The second kappa shape index (κ2) is 9.40. The van der Waals surface area contributed by atoms with Crippen LogP contribution >= 0.6 is 0 Å². The van der Waals surface area contributed by atoms with E-state index in [1.54, 1.807) is 0 Å². The summed E-state index contributed by atoms with van der Waals surface area (Å²) in [5, 5.41) is 0. The molecule has 14 heavy (non-hydrogen) atoms. The second-order valence-corrected chi connectivity index (χ2v) is 2.67. The molecule has 0 aromatic heterocycles. The Morgan fingerprint density at radius 2 is 1.64 bits per heavy atom. The van der Waals surface area contributed by atoms with Gasteiger partial charge in [0.1, 0.15) is 0 Å². The summed E-state index contributed by atoms with van der Waals surface area (Å²) in [7, 11) is 0. The lowest BCUT2D eigenvalue weighted by Gasteiger charge is -2.19. The van der Waals surface area contributed by atoms with Crippen LogP contribution in [0.1, 0.15) is 34.1 Å². The van der Waals surface area contributed by atoms with Gasteiger partial charge in [-0.25, -0.2) is 0 Å². The van der Waals surface area contributed by atoms with Crippen molar-refractivity contribution in [3.05, 3.63) is 6.48 Å². The monoisotopic (exact) mass is 205 g/mol. The second-order valence-electron chi connectivity index (χ2n) is 2.67. The normalized spacial score (nSPS) is 13.5. The van der Waals surface area contributed by atoms with Crippen molar-refractivity contribution in [2.75, 3.05) is 19.8 Å². The van der Waals surface area contributed by atoms with Crippen molar-refractivity contribution < 1.29 is 18.9 Å². The Labute approximate surface area is 86.5 Å². The van der Waals surface area contributed by atoms with Gasteiger partial charge in [-0.05, 0) is 27.2 Å². The number of hydrogen-bond donors (Lipinski definition) is 0. The van der Waals surface area contributed by atoms with E-state index in [2.05, 4.69) is 0 Å². The van der Waals surface area contributed by atoms with E-state index in [4.69, 9.17) is 18.9 Å². The lowest BCUT2D eigenvalue weighted by molar-refractivity contribution is -0.253. The minimum atomic E-state index is -0.331. The van der Waals surface area contributed by atoms with E-state index in [-0.39, 0.29) is 12.8 Å². The molecule has 0 amide bonds. The molecule has 0 aliphatic heterocycles. The summed E-state index contributed by atoms with van der Waals surface area (Å²) in [6, 6.07) is 0. The molecule has 0 fully saturated rings. The molecule has 0 aliphatic carbocycles. The van der Waals surface area contributed by atoms with Gasteiger partial charge in [0, 0.05) is 19.8 Å². The highest BCUT2D eigenvalue weighted by molar-refractivity contribution is 4.48. The van der Waals surface area contributed by atoms with E-state index in [1.165, 1.54) is 0 Å². The van der Waals surface area contributed by atoms with Gasteiger partial charge in [0.2, 0.25) is 0 Å². The summed E-state index contributed by atoms with van der Waals surface area (Å²) in [6.45, 7) is 9.52. The minimum absolute atomic E-state index is 0.193. The van der Waals surface area contributed by atoms with Crippen LogP contribution in [0.15, 0.2) is 0 Å². The predicted molar refractivity (Wildman–Crippen MR) is 53.3 cm³/mol. The van der Waals surface area contributed by atoms with Gasteiger partial charge in [-0.1, -0.05) is 6.92 Å². The van der Waals surface area contributed by atoms with Crippen molar-refractivity contribution in [1.29, 1.82) is 0 Å². The Hall–Kier alpha value is -0.160. The van der Waals surface area contributed by atoms with E-state index >= 15 is 0 Å². The van der Waals surface area contributed by atoms with E-state index in [0.29, 0.717) is 19.8 Å². The van der Waals surface area contributed by atoms with Crippen molar-refractivity contribution in [3.63, 3.8) is 0 Å². The Balaban J connectivity index is 3.64. The van der Waals surface area contributed by atoms with E-state index < -0.39 is 0 Å². The third kappa shape index (κ3) is 7.26. The molecule has 0 N–H and O–H groups in total. The highest BCUT2D eigenvalue weighted by Gasteiger charge is 2.16. The van der Waals surface area contributed by atoms with Crippen molar-refractivity contribution >= 4 is 0 Å². The van der Waals surface area contributed by atoms with Crippen LogP contribution in [0.25, 0.3) is 0 Å². The first kappa shape index (κ1) is 13.8. The molecule has 1 unspecified atom stereocenters. The fraction of sp³-hybridized carbons (Fsp3) is 0.900. The molecular weight excluding hydrogens is 184 g/mol. The molecule has 4 heteroatoms. The molecular formula is C10H21O4. The third-order valence-corrected chi connectivity index (χ3v) is 1.34. The molecule has 4 nitrogen and oxygen atoms in total. The number of hydrogen-bond acceptors (Lipinski definition) is 4. The third-order valence-electron chi connectivity index (χ3n) is 1.34. The van der Waals surface area contributed by atoms with Gasteiger partial charge >= 0.3 is 6.48 Å². The number of ether oxygens (including phenoxy) is 4. The molecule has 0 bridgehead atoms. The first-order valence-corrected chi connectivity index (χ1v) is 5.15. The first-order chi connectivity index (χ1) is 6.74. The quantitative estimate of drug-likeness (QED) is 0.541. The van der Waals surface area contributed by atoms with Crippen LogP contribution in [-0.4, -0.2) is 26.1 Å². The molecule has 0 saturated heterocycles. The first-order valence-electron chi connectivity index (χ1n) is 5.15. The summed E-state index contributed by atoms with van der Waals surface area (Å²) < 4.78 is 20.8. The minimum Gasteiger partial charge on any atom is -0.353 e. The zero-order valence-corrected chi connectivity index (χ0v) is 9.54. The summed E-state index contributed by atoms with van der Waals surface area (Å²) in [5.41, 5.74) is 0. The predicted octanol–water partition coefficient (Wildman–Crippen LogP) is 2.30. The Morgan fingerprint density at radius 1 is 1.07 bits per heavy atom. The van der Waals surface area contributed by atoms with Gasteiger partial charge in [-0.2, -0.15) is 0 Å². The average molecular weight is 205 g/mol. The van der Waals surface area contributed by atoms with Crippen LogP contribution in [0, 0.1) is 6.48 Å². The van der Waals surface area contributed by atoms with Crippen LogP contribution in [-0.2, 0) is 18.9 Å². The molecule has 0 aliphatic rings. The fourth-order valence-corrected chi connectivity index (χ4v) is 0.799. The fourth-order valence-electron chi connectivity index (χ4n) is 0.799. The smallest absolute Gasteiger partial charge is 0.353 e. The van der Waals surface area contributed by atoms with Crippen LogP contribution < -0.4 is 0 Å². The van der Waals surface area contributed by atoms with Gasteiger partial charge in [0.05, 0.1) is 0 Å². The molecule has 85 valence electrons. The average Bonchev–Trinajstić information content (AvgIpc) is 2.15. The summed E-state index contributed by atoms with van der Waals surface area (Å²) in [5.74, 6) is 0. The highest BCUT2D eigenvalue weighted by atomic mass is 16.9. The maximum atomic E-state index is 5.31. The molecule has 0 aromatic carbocycles. The van der Waals surface area contributed by atoms with Gasteiger partial charge in [-0.15, -0.1) is 0 Å². The highest BCUT2D eigenvalue weighted by Crippen LogP contribution is 2.11. The van der Waals surface area contributed by atoms with Gasteiger partial charge in [-0.3, -0.25) is 4.74 Å². The maximum absolute atomic E-state index is 5.31. The molecule has 0 aromatic rings. The van der Waals surface area contributed by atoms with Crippen molar-refractivity contribution in [3.8, 4) is 0 Å². The molecule has 0 spiro atoms. The molecule has 0 rings (SSSR count). The lowest BCUT2D eigenvalue weighted by atomic mass is 10.5. The molecule has 1 radical (unpaired) electrons. The zero-order valence-electron chi connectivity index (χ0n) is 9.54. The Bertz CT molecular complexity index is 113. The van der Waals surface area contributed by atoms with Crippen molar-refractivity contribution in [2.45, 2.75) is 40.4 Å². The van der Waals surface area contributed by atoms with Crippen molar-refractivity contribution in [1.82, 2.24) is 0 Å². The number of rotatable bonds is 9. The standard InChI is InChI=1S/C10H21O4/c1-5-8-13-9(4)14-10(11-6-2)12-7-3/h9H,5-8H2,1-4H3. The SMILES string of the molecule is CCCOC(C)O[C](OCC)OCC. The van der Waals surface area contributed by atoms with Crippen LogP contribution in [0.3, 0.4) is 0 Å². The summed E-state index contributed by atoms with van der Waals surface area (Å²) in [4.78, 5) is 0. The van der Waals surface area contributed by atoms with E-state index in [1.807, 2.05) is 27.7 Å². The largest absolute Gasteiger partial charge is 0.372 e. The van der Waals surface area contributed by atoms with E-state index in [9.17, 15) is 0 Å². The van der Waals surface area contributed by atoms with E-state index in [0.717, 1.165) is 6.42 Å². The van der Waals surface area contributed by atoms with Gasteiger partial charge in [0.15, 0.2) is 6.29 Å². The van der Waals surface area contributed by atoms with Gasteiger partial charge < -0.3 is 14.2 Å². The Kier molecular flexibility index (Phi) is 9.29. The molecule has 1 atom stereocenters. The van der Waals surface area contributed by atoms with Crippen LogP contribution in [0.5, 0.6) is 0 Å². The van der Waals surface area contributed by atoms with Gasteiger partial charge in [0.25, 0.3) is 0 Å². The topological polar surface area (TPSA) is 36.9 Å². The Morgan fingerprint density at radius 3 is 2.07 bits per heavy atom. The maximum Gasteiger partial charge on any atom is 0.372 e. The zero-order chi connectivity index (χ0) is 10.8. The summed E-state index contributed by atoms with van der Waals surface area (Å²) in [6.07, 6.45) is 0.634. The van der Waals surface area contributed by atoms with Crippen LogP contribution in [0.2, 0.25) is 0 Å². The van der Waals surface area contributed by atoms with Crippen LogP contribution in [0.4, 0.5) is 0 Å². The molecule has 0 heterocycles. The summed E-state index contributed by atoms with van der Waals surface area (Å²) >= 11 is 0.